The Hall–Kier alpha value is -3.13. The van der Waals surface area contributed by atoms with Crippen molar-refractivity contribution in [2.75, 3.05) is 26.4 Å². The second kappa shape index (κ2) is 6.98. The van der Waals surface area contributed by atoms with Gasteiger partial charge in [0.1, 0.15) is 32.0 Å². The first kappa shape index (κ1) is 18.9. The molecule has 2 aromatic rings. The number of benzene rings is 2. The molecule has 0 bridgehead atoms. The van der Waals surface area contributed by atoms with Crippen LogP contribution in [0.2, 0.25) is 5.02 Å². The zero-order chi connectivity index (χ0) is 20.9. The van der Waals surface area contributed by atoms with E-state index in [1.165, 1.54) is 4.90 Å². The molecular weight excluding hydrogens is 412 g/mol. The topological polar surface area (TPSA) is 86.3 Å². The Kier molecular flexibility index (Phi) is 4.39. The number of rotatable bonds is 3. The fourth-order valence-electron chi connectivity index (χ4n) is 3.83. The van der Waals surface area contributed by atoms with Crippen LogP contribution in [-0.2, 0) is 16.9 Å². The molecule has 0 spiro atoms. The van der Waals surface area contributed by atoms with E-state index in [-0.39, 0.29) is 12.5 Å². The van der Waals surface area contributed by atoms with Crippen molar-refractivity contribution >= 4 is 23.5 Å². The first-order valence-electron chi connectivity index (χ1n) is 9.58. The fraction of sp³-hybridized carbons (Fsp3) is 0.333. The summed E-state index contributed by atoms with van der Waals surface area (Å²) < 4.78 is 22.3. The Morgan fingerprint density at radius 2 is 1.67 bits per heavy atom. The monoisotopic (exact) mass is 430 g/mol. The Balaban J connectivity index is 1.42. The van der Waals surface area contributed by atoms with E-state index in [1.54, 1.807) is 37.3 Å². The summed E-state index contributed by atoms with van der Waals surface area (Å²) in [5.74, 6) is 1.79. The van der Waals surface area contributed by atoms with Crippen molar-refractivity contribution in [3.05, 3.63) is 46.5 Å². The number of amides is 3. The smallest absolute Gasteiger partial charge is 0.325 e. The molecule has 156 valence electrons. The van der Waals surface area contributed by atoms with E-state index in [0.717, 1.165) is 0 Å². The summed E-state index contributed by atoms with van der Waals surface area (Å²) in [7, 11) is 0. The lowest BCUT2D eigenvalue weighted by molar-refractivity contribution is -0.131. The zero-order valence-electron chi connectivity index (χ0n) is 16.2. The predicted molar refractivity (Wildman–Crippen MR) is 106 cm³/mol. The summed E-state index contributed by atoms with van der Waals surface area (Å²) in [5, 5.41) is 3.18. The van der Waals surface area contributed by atoms with Crippen molar-refractivity contribution < 1.29 is 28.5 Å². The molecule has 1 saturated heterocycles. The quantitative estimate of drug-likeness (QED) is 0.753. The SMILES string of the molecule is C[C@]1(c2ccc3c(c2)OCCO3)NC(=O)N(Cc2cc(Cl)c3c(c2)OCCO3)C1=O. The molecule has 0 saturated carbocycles. The molecule has 0 aromatic heterocycles. The number of carbonyl (C=O) groups is 2. The number of carbonyl (C=O) groups excluding carboxylic acids is 2. The number of hydrogen-bond donors (Lipinski definition) is 1. The van der Waals surface area contributed by atoms with Gasteiger partial charge in [-0.2, -0.15) is 0 Å². The maximum atomic E-state index is 13.3. The highest BCUT2D eigenvalue weighted by atomic mass is 35.5. The predicted octanol–water partition coefficient (Wildman–Crippen LogP) is 2.85. The van der Waals surface area contributed by atoms with E-state index >= 15 is 0 Å². The summed E-state index contributed by atoms with van der Waals surface area (Å²) in [5.41, 5.74) is 0.0665. The third-order valence-corrected chi connectivity index (χ3v) is 5.67. The fourth-order valence-corrected chi connectivity index (χ4v) is 4.12. The number of imide groups is 1. The maximum Gasteiger partial charge on any atom is 0.325 e. The van der Waals surface area contributed by atoms with Crippen LogP contribution in [0, 0.1) is 0 Å². The van der Waals surface area contributed by atoms with Crippen LogP contribution in [0.15, 0.2) is 30.3 Å². The van der Waals surface area contributed by atoms with Crippen molar-refractivity contribution in [3.63, 3.8) is 0 Å². The van der Waals surface area contributed by atoms with E-state index in [9.17, 15) is 9.59 Å². The molecule has 0 radical (unpaired) electrons. The first-order chi connectivity index (χ1) is 14.5. The number of nitrogens with one attached hydrogen (secondary N) is 1. The normalized spacial score (nSPS) is 22.1. The molecule has 3 heterocycles. The minimum Gasteiger partial charge on any atom is -0.486 e. The highest BCUT2D eigenvalue weighted by Gasteiger charge is 2.49. The van der Waals surface area contributed by atoms with Crippen molar-refractivity contribution in [1.82, 2.24) is 10.2 Å². The average molecular weight is 431 g/mol. The summed E-state index contributed by atoms with van der Waals surface area (Å²) in [6, 6.07) is 8.17. The molecule has 3 amide bonds. The molecule has 0 unspecified atom stereocenters. The highest BCUT2D eigenvalue weighted by Crippen LogP contribution is 2.40. The van der Waals surface area contributed by atoms with E-state index in [1.807, 2.05) is 0 Å². The number of nitrogens with zero attached hydrogens (tertiary/aromatic N) is 1. The van der Waals surface area contributed by atoms with Crippen LogP contribution in [-0.4, -0.2) is 43.3 Å². The molecule has 2 aromatic carbocycles. The van der Waals surface area contributed by atoms with Gasteiger partial charge >= 0.3 is 6.03 Å². The third-order valence-electron chi connectivity index (χ3n) is 5.39. The summed E-state index contributed by atoms with van der Waals surface area (Å²) in [4.78, 5) is 27.1. The lowest BCUT2D eigenvalue weighted by atomic mass is 9.91. The number of fused-ring (bicyclic) bond motifs is 2. The minimum atomic E-state index is -1.22. The second-order valence-electron chi connectivity index (χ2n) is 7.41. The molecular formula is C21H19ClN2O6. The Morgan fingerprint density at radius 1 is 0.967 bits per heavy atom. The van der Waals surface area contributed by atoms with E-state index in [2.05, 4.69) is 5.32 Å². The largest absolute Gasteiger partial charge is 0.486 e. The number of halogens is 1. The van der Waals surface area contributed by atoms with Crippen LogP contribution in [0.4, 0.5) is 4.79 Å². The number of ether oxygens (including phenoxy) is 4. The molecule has 0 aliphatic carbocycles. The number of urea groups is 1. The van der Waals surface area contributed by atoms with Gasteiger partial charge in [0, 0.05) is 0 Å². The van der Waals surface area contributed by atoms with E-state index in [0.29, 0.717) is 65.6 Å². The van der Waals surface area contributed by atoms with Crippen molar-refractivity contribution in [3.8, 4) is 23.0 Å². The van der Waals surface area contributed by atoms with Gasteiger partial charge in [-0.15, -0.1) is 0 Å². The van der Waals surface area contributed by atoms with Crippen LogP contribution in [0.1, 0.15) is 18.1 Å². The molecule has 30 heavy (non-hydrogen) atoms. The zero-order valence-corrected chi connectivity index (χ0v) is 17.0. The van der Waals surface area contributed by atoms with Gasteiger partial charge in [0.2, 0.25) is 0 Å². The molecule has 1 fully saturated rings. The third kappa shape index (κ3) is 2.99. The van der Waals surface area contributed by atoms with E-state index < -0.39 is 11.6 Å². The second-order valence-corrected chi connectivity index (χ2v) is 7.81. The van der Waals surface area contributed by atoms with Crippen LogP contribution in [0.3, 0.4) is 0 Å². The molecule has 3 aliphatic rings. The average Bonchev–Trinajstić information content (AvgIpc) is 2.97. The van der Waals surface area contributed by atoms with Crippen LogP contribution in [0.25, 0.3) is 0 Å². The van der Waals surface area contributed by atoms with Crippen LogP contribution < -0.4 is 24.3 Å². The van der Waals surface area contributed by atoms with Gasteiger partial charge in [-0.25, -0.2) is 4.79 Å². The first-order valence-corrected chi connectivity index (χ1v) is 9.96. The van der Waals surface area contributed by atoms with Gasteiger partial charge in [-0.05, 0) is 42.3 Å². The summed E-state index contributed by atoms with van der Waals surface area (Å²) in [6.45, 7) is 3.48. The van der Waals surface area contributed by atoms with Gasteiger partial charge in [0.15, 0.2) is 23.0 Å². The lowest BCUT2D eigenvalue weighted by Gasteiger charge is -2.25. The molecule has 1 N–H and O–H groups in total. The number of hydrogen-bond acceptors (Lipinski definition) is 6. The minimum absolute atomic E-state index is 0.0567. The van der Waals surface area contributed by atoms with Crippen LogP contribution in [0.5, 0.6) is 23.0 Å². The molecule has 5 rings (SSSR count). The van der Waals surface area contributed by atoms with Crippen LogP contribution >= 0.6 is 11.6 Å². The van der Waals surface area contributed by atoms with Crippen molar-refractivity contribution in [1.29, 1.82) is 0 Å². The summed E-state index contributed by atoms with van der Waals surface area (Å²) >= 11 is 6.29. The standard InChI is InChI=1S/C21H19ClN2O6/c1-21(13-2-3-15-16(10-13)28-5-4-27-15)19(25)24(20(26)23-21)11-12-8-14(22)18-17(9-12)29-6-7-30-18/h2-3,8-10H,4-7,11H2,1H3,(H,23,26)/t21-/m1/s1. The molecule has 3 aliphatic heterocycles. The highest BCUT2D eigenvalue weighted by molar-refractivity contribution is 6.32. The molecule has 1 atom stereocenters. The molecule has 9 heteroatoms. The Morgan fingerprint density at radius 3 is 2.47 bits per heavy atom. The van der Waals surface area contributed by atoms with E-state index in [4.69, 9.17) is 30.5 Å². The maximum absolute atomic E-state index is 13.3. The van der Waals surface area contributed by atoms with Crippen molar-refractivity contribution in [2.45, 2.75) is 19.0 Å². The van der Waals surface area contributed by atoms with Gasteiger partial charge in [0.05, 0.1) is 11.6 Å². The summed E-state index contributed by atoms with van der Waals surface area (Å²) in [6.07, 6.45) is 0. The van der Waals surface area contributed by atoms with Gasteiger partial charge in [-0.1, -0.05) is 17.7 Å². The molecule has 8 nitrogen and oxygen atoms in total. The lowest BCUT2D eigenvalue weighted by Crippen LogP contribution is -2.41. The Labute approximate surface area is 177 Å². The van der Waals surface area contributed by atoms with Crippen molar-refractivity contribution in [2.24, 2.45) is 0 Å². The Bertz CT molecular complexity index is 1060. The van der Waals surface area contributed by atoms with Gasteiger partial charge < -0.3 is 24.3 Å². The van der Waals surface area contributed by atoms with Gasteiger partial charge in [-0.3, -0.25) is 9.69 Å². The van der Waals surface area contributed by atoms with Gasteiger partial charge in [0.25, 0.3) is 5.91 Å².